The standard InChI is InChI=1S/C21H25NO2/c23-21(18-10-4-5-11-18)22-19-12-14-20(15-13-19)24-16-6-9-17-7-2-1-3-8-17/h1-3,7-8,12-15,18H,4-6,9-11,16H2,(H,22,23). The zero-order chi connectivity index (χ0) is 16.6. The van der Waals surface area contributed by atoms with Crippen LogP contribution in [0.4, 0.5) is 5.69 Å². The van der Waals surface area contributed by atoms with Crippen molar-refractivity contribution in [2.45, 2.75) is 38.5 Å². The second-order valence-corrected chi connectivity index (χ2v) is 6.43. The quantitative estimate of drug-likeness (QED) is 0.741. The molecule has 3 heteroatoms. The predicted molar refractivity (Wildman–Crippen MR) is 97.3 cm³/mol. The van der Waals surface area contributed by atoms with Crippen molar-refractivity contribution in [2.24, 2.45) is 5.92 Å². The molecular weight excluding hydrogens is 298 g/mol. The monoisotopic (exact) mass is 323 g/mol. The molecule has 0 saturated heterocycles. The Bertz CT molecular complexity index is 631. The van der Waals surface area contributed by atoms with Gasteiger partial charge in [-0.1, -0.05) is 43.2 Å². The molecule has 0 unspecified atom stereocenters. The highest BCUT2D eigenvalue weighted by Crippen LogP contribution is 2.26. The molecule has 3 nitrogen and oxygen atoms in total. The Labute approximate surface area is 144 Å². The van der Waals surface area contributed by atoms with Crippen LogP contribution in [-0.2, 0) is 11.2 Å². The number of amides is 1. The van der Waals surface area contributed by atoms with E-state index in [-0.39, 0.29) is 11.8 Å². The van der Waals surface area contributed by atoms with Gasteiger partial charge in [0.25, 0.3) is 0 Å². The molecule has 0 aliphatic heterocycles. The van der Waals surface area contributed by atoms with E-state index in [4.69, 9.17) is 4.74 Å². The molecule has 1 N–H and O–H groups in total. The maximum Gasteiger partial charge on any atom is 0.227 e. The second kappa shape index (κ2) is 8.53. The van der Waals surface area contributed by atoms with Crippen LogP contribution < -0.4 is 10.1 Å². The molecule has 0 radical (unpaired) electrons. The molecule has 1 aliphatic rings. The van der Waals surface area contributed by atoms with Crippen molar-refractivity contribution in [3.05, 3.63) is 60.2 Å². The Morgan fingerprint density at radius 3 is 2.42 bits per heavy atom. The van der Waals surface area contributed by atoms with Gasteiger partial charge in [-0.05, 0) is 55.5 Å². The van der Waals surface area contributed by atoms with E-state index in [0.29, 0.717) is 6.61 Å². The van der Waals surface area contributed by atoms with Crippen molar-refractivity contribution < 1.29 is 9.53 Å². The molecule has 0 aromatic heterocycles. The second-order valence-electron chi connectivity index (χ2n) is 6.43. The van der Waals surface area contributed by atoms with Gasteiger partial charge in [0.15, 0.2) is 0 Å². The van der Waals surface area contributed by atoms with Gasteiger partial charge in [0.2, 0.25) is 5.91 Å². The number of benzene rings is 2. The van der Waals surface area contributed by atoms with Crippen LogP contribution in [0.1, 0.15) is 37.7 Å². The van der Waals surface area contributed by atoms with Gasteiger partial charge < -0.3 is 10.1 Å². The fourth-order valence-electron chi connectivity index (χ4n) is 3.18. The lowest BCUT2D eigenvalue weighted by atomic mass is 10.1. The normalized spacial score (nSPS) is 14.5. The smallest absolute Gasteiger partial charge is 0.227 e. The van der Waals surface area contributed by atoms with Crippen LogP contribution in [0.25, 0.3) is 0 Å². The van der Waals surface area contributed by atoms with Crippen LogP contribution in [0.15, 0.2) is 54.6 Å². The van der Waals surface area contributed by atoms with Crippen molar-refractivity contribution in [1.29, 1.82) is 0 Å². The minimum atomic E-state index is 0.157. The van der Waals surface area contributed by atoms with E-state index in [1.165, 1.54) is 18.4 Å². The van der Waals surface area contributed by atoms with Crippen molar-refractivity contribution in [1.82, 2.24) is 0 Å². The van der Waals surface area contributed by atoms with E-state index in [0.717, 1.165) is 37.1 Å². The summed E-state index contributed by atoms with van der Waals surface area (Å²) >= 11 is 0. The fraction of sp³-hybridized carbons (Fsp3) is 0.381. The Morgan fingerprint density at radius 2 is 1.71 bits per heavy atom. The fourth-order valence-corrected chi connectivity index (χ4v) is 3.18. The third-order valence-electron chi connectivity index (χ3n) is 4.57. The lowest BCUT2D eigenvalue weighted by molar-refractivity contribution is -0.119. The maximum atomic E-state index is 12.1. The summed E-state index contributed by atoms with van der Waals surface area (Å²) in [6.45, 7) is 0.697. The molecule has 126 valence electrons. The van der Waals surface area contributed by atoms with E-state index in [1.54, 1.807) is 0 Å². The first-order valence-electron chi connectivity index (χ1n) is 8.89. The average molecular weight is 323 g/mol. The first kappa shape index (κ1) is 16.6. The average Bonchev–Trinajstić information content (AvgIpc) is 3.16. The molecule has 1 saturated carbocycles. The van der Waals surface area contributed by atoms with Crippen LogP contribution in [-0.4, -0.2) is 12.5 Å². The highest BCUT2D eigenvalue weighted by molar-refractivity contribution is 5.92. The van der Waals surface area contributed by atoms with Gasteiger partial charge in [0, 0.05) is 11.6 Å². The zero-order valence-electron chi connectivity index (χ0n) is 14.0. The lowest BCUT2D eigenvalue weighted by Crippen LogP contribution is -2.20. The summed E-state index contributed by atoms with van der Waals surface area (Å²) < 4.78 is 5.77. The molecule has 24 heavy (non-hydrogen) atoms. The van der Waals surface area contributed by atoms with Gasteiger partial charge in [-0.15, -0.1) is 0 Å². The number of hydrogen-bond donors (Lipinski definition) is 1. The van der Waals surface area contributed by atoms with Crippen molar-refractivity contribution in [3.63, 3.8) is 0 Å². The molecule has 3 rings (SSSR count). The molecule has 1 aliphatic carbocycles. The summed E-state index contributed by atoms with van der Waals surface area (Å²) in [7, 11) is 0. The largest absolute Gasteiger partial charge is 0.494 e. The van der Waals surface area contributed by atoms with E-state index < -0.39 is 0 Å². The molecule has 0 spiro atoms. The summed E-state index contributed by atoms with van der Waals surface area (Å²) in [6, 6.07) is 18.1. The molecule has 2 aromatic carbocycles. The van der Waals surface area contributed by atoms with E-state index >= 15 is 0 Å². The number of nitrogens with one attached hydrogen (secondary N) is 1. The SMILES string of the molecule is O=C(Nc1ccc(OCCCc2ccccc2)cc1)C1CCCC1. The van der Waals surface area contributed by atoms with Crippen molar-refractivity contribution >= 4 is 11.6 Å². The lowest BCUT2D eigenvalue weighted by Gasteiger charge is -2.11. The molecular formula is C21H25NO2. The van der Waals surface area contributed by atoms with Gasteiger partial charge in [0.05, 0.1) is 6.61 Å². The minimum absolute atomic E-state index is 0.157. The topological polar surface area (TPSA) is 38.3 Å². The number of aryl methyl sites for hydroxylation is 1. The van der Waals surface area contributed by atoms with E-state index in [2.05, 4.69) is 29.6 Å². The summed E-state index contributed by atoms with van der Waals surface area (Å²) in [4.78, 5) is 12.1. The summed E-state index contributed by atoms with van der Waals surface area (Å²) in [5, 5.41) is 3.01. The Morgan fingerprint density at radius 1 is 1.00 bits per heavy atom. The summed E-state index contributed by atoms with van der Waals surface area (Å²) in [5.41, 5.74) is 2.19. The number of hydrogen-bond acceptors (Lipinski definition) is 2. The van der Waals surface area contributed by atoms with Crippen LogP contribution in [0.2, 0.25) is 0 Å². The molecule has 1 amide bonds. The summed E-state index contributed by atoms with van der Waals surface area (Å²) in [6.07, 6.45) is 6.41. The first-order valence-corrected chi connectivity index (χ1v) is 8.89. The van der Waals surface area contributed by atoms with Crippen LogP contribution in [0.3, 0.4) is 0 Å². The number of rotatable bonds is 7. The Balaban J connectivity index is 1.40. The van der Waals surface area contributed by atoms with Crippen LogP contribution >= 0.6 is 0 Å². The highest BCUT2D eigenvalue weighted by Gasteiger charge is 2.22. The Hall–Kier alpha value is -2.29. The van der Waals surface area contributed by atoms with Gasteiger partial charge in [0.1, 0.15) is 5.75 Å². The first-order chi connectivity index (χ1) is 11.8. The number of carbonyl (C=O) groups is 1. The maximum absolute atomic E-state index is 12.1. The third-order valence-corrected chi connectivity index (χ3v) is 4.57. The highest BCUT2D eigenvalue weighted by atomic mass is 16.5. The van der Waals surface area contributed by atoms with Crippen LogP contribution in [0, 0.1) is 5.92 Å². The van der Waals surface area contributed by atoms with E-state index in [9.17, 15) is 4.79 Å². The van der Waals surface area contributed by atoms with Gasteiger partial charge in [-0.2, -0.15) is 0 Å². The number of ether oxygens (including phenoxy) is 1. The number of anilines is 1. The van der Waals surface area contributed by atoms with E-state index in [1.807, 2.05) is 30.3 Å². The molecule has 0 atom stereocenters. The van der Waals surface area contributed by atoms with Crippen molar-refractivity contribution in [2.75, 3.05) is 11.9 Å². The third kappa shape index (κ3) is 4.85. The minimum Gasteiger partial charge on any atom is -0.494 e. The van der Waals surface area contributed by atoms with Gasteiger partial charge in [-0.25, -0.2) is 0 Å². The molecule has 0 heterocycles. The predicted octanol–water partition coefficient (Wildman–Crippen LogP) is 4.83. The molecule has 0 bridgehead atoms. The summed E-state index contributed by atoms with van der Waals surface area (Å²) in [5.74, 6) is 1.20. The van der Waals surface area contributed by atoms with Gasteiger partial charge in [-0.3, -0.25) is 4.79 Å². The van der Waals surface area contributed by atoms with Gasteiger partial charge >= 0.3 is 0 Å². The number of carbonyl (C=O) groups excluding carboxylic acids is 1. The zero-order valence-corrected chi connectivity index (χ0v) is 14.0. The molecule has 1 fully saturated rings. The van der Waals surface area contributed by atoms with Crippen molar-refractivity contribution in [3.8, 4) is 5.75 Å². The molecule has 2 aromatic rings. The van der Waals surface area contributed by atoms with Crippen LogP contribution in [0.5, 0.6) is 5.75 Å². The Kier molecular flexibility index (Phi) is 5.89.